The third-order valence-corrected chi connectivity index (χ3v) is 3.08. The van der Waals surface area contributed by atoms with E-state index in [2.05, 4.69) is 5.32 Å². The molecular formula is C10H19N3O3. The van der Waals surface area contributed by atoms with Crippen LogP contribution in [-0.4, -0.2) is 36.6 Å². The van der Waals surface area contributed by atoms with Gasteiger partial charge in [-0.1, -0.05) is 0 Å². The molecule has 0 aromatic carbocycles. The largest absolute Gasteiger partial charge is 0.379 e. The number of nitrogens with one attached hydrogen (secondary N) is 1. The summed E-state index contributed by atoms with van der Waals surface area (Å²) in [4.78, 5) is 23.1. The number of hydrogen-bond acceptors (Lipinski definition) is 4. The van der Waals surface area contributed by atoms with Gasteiger partial charge in [0.2, 0.25) is 11.8 Å². The number of nitrogens with two attached hydrogens (primary N) is 2. The van der Waals surface area contributed by atoms with Crippen LogP contribution in [-0.2, 0) is 14.3 Å². The van der Waals surface area contributed by atoms with Gasteiger partial charge in [0, 0.05) is 6.04 Å². The molecule has 0 aromatic heterocycles. The van der Waals surface area contributed by atoms with Gasteiger partial charge in [-0.15, -0.1) is 0 Å². The van der Waals surface area contributed by atoms with Gasteiger partial charge in [0.1, 0.15) is 5.54 Å². The first-order valence-corrected chi connectivity index (χ1v) is 5.16. The highest BCUT2D eigenvalue weighted by molar-refractivity contribution is 5.92. The Kier molecular flexibility index (Phi) is 3.25. The van der Waals surface area contributed by atoms with Crippen LogP contribution in [0.3, 0.4) is 0 Å². The quantitative estimate of drug-likeness (QED) is 0.560. The molecule has 5 N–H and O–H groups in total. The van der Waals surface area contributed by atoms with Crippen LogP contribution in [0.1, 0.15) is 20.8 Å². The fraction of sp³-hybridized carbons (Fsp3) is 0.800. The van der Waals surface area contributed by atoms with E-state index in [0.717, 1.165) is 0 Å². The minimum absolute atomic E-state index is 0.259. The second-order valence-corrected chi connectivity index (χ2v) is 4.98. The second-order valence-electron chi connectivity index (χ2n) is 4.98. The molecule has 1 fully saturated rings. The van der Waals surface area contributed by atoms with Gasteiger partial charge in [-0.05, 0) is 20.8 Å². The van der Waals surface area contributed by atoms with Gasteiger partial charge in [-0.3, -0.25) is 9.59 Å². The van der Waals surface area contributed by atoms with Crippen LogP contribution >= 0.6 is 0 Å². The monoisotopic (exact) mass is 229 g/mol. The molecule has 92 valence electrons. The Bertz CT molecular complexity index is 316. The summed E-state index contributed by atoms with van der Waals surface area (Å²) >= 11 is 0. The highest BCUT2D eigenvalue weighted by Crippen LogP contribution is 2.27. The lowest BCUT2D eigenvalue weighted by atomic mass is 9.84. The maximum atomic E-state index is 12.0. The maximum absolute atomic E-state index is 12.0. The molecule has 1 rings (SSSR count). The van der Waals surface area contributed by atoms with E-state index < -0.39 is 16.9 Å². The minimum atomic E-state index is -1.08. The fourth-order valence-electron chi connectivity index (χ4n) is 1.41. The second kappa shape index (κ2) is 4.03. The zero-order valence-electron chi connectivity index (χ0n) is 9.87. The van der Waals surface area contributed by atoms with Crippen molar-refractivity contribution in [3.05, 3.63) is 0 Å². The molecule has 1 heterocycles. The molecule has 2 amide bonds. The third-order valence-electron chi connectivity index (χ3n) is 3.08. The number of carbonyl (C=O) groups excluding carboxylic acids is 2. The summed E-state index contributed by atoms with van der Waals surface area (Å²) in [7, 11) is 0. The van der Waals surface area contributed by atoms with Crippen molar-refractivity contribution in [3.63, 3.8) is 0 Å². The summed E-state index contributed by atoms with van der Waals surface area (Å²) in [6.45, 7) is 5.43. The summed E-state index contributed by atoms with van der Waals surface area (Å²) in [5.41, 5.74) is 9.11. The van der Waals surface area contributed by atoms with Gasteiger partial charge in [-0.25, -0.2) is 0 Å². The van der Waals surface area contributed by atoms with Crippen molar-refractivity contribution in [1.82, 2.24) is 5.32 Å². The number of carbonyl (C=O) groups is 2. The van der Waals surface area contributed by atoms with Gasteiger partial charge in [0.15, 0.2) is 0 Å². The highest BCUT2D eigenvalue weighted by atomic mass is 16.5. The van der Waals surface area contributed by atoms with E-state index in [1.807, 2.05) is 0 Å². The van der Waals surface area contributed by atoms with Crippen molar-refractivity contribution in [3.8, 4) is 0 Å². The first-order valence-electron chi connectivity index (χ1n) is 5.16. The molecule has 6 heteroatoms. The van der Waals surface area contributed by atoms with Crippen LogP contribution in [0, 0.1) is 5.41 Å². The first-order chi connectivity index (χ1) is 7.20. The van der Waals surface area contributed by atoms with Crippen molar-refractivity contribution in [2.75, 3.05) is 13.2 Å². The Labute approximate surface area is 94.7 Å². The summed E-state index contributed by atoms with van der Waals surface area (Å²) < 4.78 is 5.17. The molecule has 2 unspecified atom stereocenters. The van der Waals surface area contributed by atoms with Crippen LogP contribution in [0.25, 0.3) is 0 Å². The van der Waals surface area contributed by atoms with Gasteiger partial charge in [0.05, 0.1) is 18.6 Å². The molecule has 0 aliphatic carbocycles. The van der Waals surface area contributed by atoms with E-state index in [1.165, 1.54) is 0 Å². The molecule has 1 saturated heterocycles. The highest BCUT2D eigenvalue weighted by Gasteiger charge is 2.46. The normalized spacial score (nSPS) is 30.1. The van der Waals surface area contributed by atoms with Crippen LogP contribution in [0.5, 0.6) is 0 Å². The zero-order valence-corrected chi connectivity index (χ0v) is 9.87. The average molecular weight is 229 g/mol. The van der Waals surface area contributed by atoms with E-state index in [1.54, 1.807) is 20.8 Å². The number of hydrogen-bond donors (Lipinski definition) is 3. The summed E-state index contributed by atoms with van der Waals surface area (Å²) in [6, 6.07) is -0.365. The van der Waals surface area contributed by atoms with Crippen molar-refractivity contribution < 1.29 is 14.3 Å². The van der Waals surface area contributed by atoms with E-state index in [0.29, 0.717) is 6.61 Å². The van der Waals surface area contributed by atoms with Gasteiger partial charge in [-0.2, -0.15) is 0 Å². The lowest BCUT2D eigenvalue weighted by Gasteiger charge is -2.31. The predicted octanol–water partition coefficient (Wildman–Crippen LogP) is -1.27. The summed E-state index contributed by atoms with van der Waals surface area (Å²) in [5, 5.41) is 2.60. The predicted molar refractivity (Wildman–Crippen MR) is 58.3 cm³/mol. The van der Waals surface area contributed by atoms with Gasteiger partial charge >= 0.3 is 0 Å². The molecule has 1 aliphatic heterocycles. The van der Waals surface area contributed by atoms with Crippen LogP contribution < -0.4 is 16.8 Å². The third kappa shape index (κ3) is 2.17. The van der Waals surface area contributed by atoms with Gasteiger partial charge < -0.3 is 21.5 Å². The van der Waals surface area contributed by atoms with Crippen LogP contribution in [0.4, 0.5) is 0 Å². The van der Waals surface area contributed by atoms with E-state index in [9.17, 15) is 9.59 Å². The number of primary amides is 1. The molecule has 0 spiro atoms. The summed E-state index contributed by atoms with van der Waals surface area (Å²) in [6.07, 6.45) is 0. The zero-order chi connectivity index (χ0) is 12.6. The molecule has 0 radical (unpaired) electrons. The Morgan fingerprint density at radius 1 is 1.50 bits per heavy atom. The van der Waals surface area contributed by atoms with Crippen LogP contribution in [0.15, 0.2) is 0 Å². The fourth-order valence-corrected chi connectivity index (χ4v) is 1.41. The minimum Gasteiger partial charge on any atom is -0.379 e. The number of rotatable bonds is 3. The number of ether oxygens (including phenoxy) is 1. The van der Waals surface area contributed by atoms with Crippen LogP contribution in [0.2, 0.25) is 0 Å². The standard InChI is InChI=1S/C10H19N3O3/c1-9(2,7(12)14)13-8(15)10(3)5-16-4-6(10)11/h6H,4-5,11H2,1-3H3,(H2,12,14)(H,13,15). The molecule has 0 bridgehead atoms. The number of amides is 2. The van der Waals surface area contributed by atoms with Gasteiger partial charge in [0.25, 0.3) is 0 Å². The molecule has 16 heavy (non-hydrogen) atoms. The van der Waals surface area contributed by atoms with E-state index >= 15 is 0 Å². The van der Waals surface area contributed by atoms with E-state index in [4.69, 9.17) is 16.2 Å². The molecule has 6 nitrogen and oxygen atoms in total. The average Bonchev–Trinajstić information content (AvgIpc) is 2.47. The Morgan fingerprint density at radius 2 is 2.06 bits per heavy atom. The first kappa shape index (κ1) is 12.9. The Hall–Kier alpha value is -1.14. The molecule has 0 saturated carbocycles. The van der Waals surface area contributed by atoms with Crippen molar-refractivity contribution in [2.24, 2.45) is 16.9 Å². The maximum Gasteiger partial charge on any atom is 0.242 e. The molecular weight excluding hydrogens is 210 g/mol. The van der Waals surface area contributed by atoms with Crippen molar-refractivity contribution in [2.45, 2.75) is 32.4 Å². The topological polar surface area (TPSA) is 107 Å². The molecule has 2 atom stereocenters. The van der Waals surface area contributed by atoms with E-state index in [-0.39, 0.29) is 18.6 Å². The Balaban J connectivity index is 2.76. The lowest BCUT2D eigenvalue weighted by molar-refractivity contribution is -0.136. The molecule has 0 aromatic rings. The summed E-state index contributed by atoms with van der Waals surface area (Å²) in [5.74, 6) is -0.891. The smallest absolute Gasteiger partial charge is 0.242 e. The molecule has 1 aliphatic rings. The Morgan fingerprint density at radius 3 is 2.44 bits per heavy atom. The lowest BCUT2D eigenvalue weighted by Crippen LogP contribution is -2.59. The SMILES string of the molecule is CC(C)(NC(=O)C1(C)COCC1N)C(N)=O. The van der Waals surface area contributed by atoms with Crippen molar-refractivity contribution in [1.29, 1.82) is 0 Å². The van der Waals surface area contributed by atoms with Crippen molar-refractivity contribution >= 4 is 11.8 Å².